The summed E-state index contributed by atoms with van der Waals surface area (Å²) in [5.74, 6) is 0.433. The number of esters is 1. The Kier molecular flexibility index (Phi) is 2.74. The second-order valence-corrected chi connectivity index (χ2v) is 5.25. The Morgan fingerprint density at radius 3 is 2.71 bits per heavy atom. The molecule has 1 aliphatic rings. The smallest absolute Gasteiger partial charge is 0.314 e. The van der Waals surface area contributed by atoms with Crippen LogP contribution in [0.4, 0.5) is 0 Å². The maximum Gasteiger partial charge on any atom is 0.314 e. The van der Waals surface area contributed by atoms with Gasteiger partial charge in [-0.1, -0.05) is 35.5 Å². The van der Waals surface area contributed by atoms with E-state index in [0.29, 0.717) is 11.3 Å². The molecule has 4 rings (SSSR count). The third-order valence-electron chi connectivity index (χ3n) is 3.62. The van der Waals surface area contributed by atoms with Gasteiger partial charge in [-0.15, -0.1) is 0 Å². The Morgan fingerprint density at radius 2 is 1.95 bits per heavy atom. The number of hydrogen-bond donors (Lipinski definition) is 0. The van der Waals surface area contributed by atoms with Crippen LogP contribution in [0.25, 0.3) is 22.2 Å². The average molecular weight is 279 g/mol. The van der Waals surface area contributed by atoms with Crippen molar-refractivity contribution in [3.05, 3.63) is 48.5 Å². The molecule has 0 atom stereocenters. The van der Waals surface area contributed by atoms with Crippen molar-refractivity contribution in [1.82, 2.24) is 5.16 Å². The molecule has 104 valence electrons. The summed E-state index contributed by atoms with van der Waals surface area (Å²) in [5, 5.41) is 5.03. The minimum absolute atomic E-state index is 0.0790. The van der Waals surface area contributed by atoms with Crippen molar-refractivity contribution in [3.63, 3.8) is 0 Å². The van der Waals surface area contributed by atoms with E-state index in [1.165, 1.54) is 0 Å². The van der Waals surface area contributed by atoms with Crippen LogP contribution in [0.2, 0.25) is 0 Å². The van der Waals surface area contributed by atoms with Crippen molar-refractivity contribution in [2.45, 2.75) is 12.8 Å². The molecule has 2 aromatic carbocycles. The van der Waals surface area contributed by atoms with E-state index in [-0.39, 0.29) is 11.9 Å². The molecule has 1 heterocycles. The molecule has 3 aromatic rings. The van der Waals surface area contributed by atoms with E-state index >= 15 is 0 Å². The van der Waals surface area contributed by atoms with Gasteiger partial charge in [-0.25, -0.2) is 0 Å². The van der Waals surface area contributed by atoms with Crippen LogP contribution in [0.3, 0.4) is 0 Å². The average Bonchev–Trinajstić information content (AvgIpc) is 3.28. The highest BCUT2D eigenvalue weighted by atomic mass is 16.5. The van der Waals surface area contributed by atoms with Crippen molar-refractivity contribution < 1.29 is 14.1 Å². The second-order valence-electron chi connectivity index (χ2n) is 5.25. The van der Waals surface area contributed by atoms with Crippen LogP contribution in [0.1, 0.15) is 12.8 Å². The van der Waals surface area contributed by atoms with Gasteiger partial charge in [0.05, 0.1) is 5.92 Å². The van der Waals surface area contributed by atoms with Gasteiger partial charge >= 0.3 is 5.97 Å². The molecule has 4 heteroatoms. The molecule has 21 heavy (non-hydrogen) atoms. The maximum atomic E-state index is 11.7. The van der Waals surface area contributed by atoms with Gasteiger partial charge in [0.2, 0.25) is 0 Å². The molecule has 0 radical (unpaired) electrons. The molecule has 1 aromatic heterocycles. The molecular formula is C17H13NO3. The SMILES string of the molecule is O=C(Oc1ccc2c(-c3ccccc3)noc2c1)C1CC1. The number of aromatic nitrogens is 1. The molecule has 1 fully saturated rings. The zero-order valence-corrected chi connectivity index (χ0v) is 11.3. The molecule has 0 N–H and O–H groups in total. The normalized spacial score (nSPS) is 14.3. The summed E-state index contributed by atoms with van der Waals surface area (Å²) >= 11 is 0. The van der Waals surface area contributed by atoms with E-state index < -0.39 is 0 Å². The predicted octanol–water partition coefficient (Wildman–Crippen LogP) is 3.81. The summed E-state index contributed by atoms with van der Waals surface area (Å²) in [4.78, 5) is 11.7. The lowest BCUT2D eigenvalue weighted by atomic mass is 10.1. The van der Waals surface area contributed by atoms with E-state index in [0.717, 1.165) is 29.5 Å². The Hall–Kier alpha value is -2.62. The number of hydrogen-bond acceptors (Lipinski definition) is 4. The van der Waals surface area contributed by atoms with E-state index in [9.17, 15) is 4.79 Å². The lowest BCUT2D eigenvalue weighted by Gasteiger charge is -2.02. The van der Waals surface area contributed by atoms with Crippen molar-refractivity contribution in [1.29, 1.82) is 0 Å². The minimum atomic E-state index is -0.155. The van der Waals surface area contributed by atoms with Crippen molar-refractivity contribution >= 4 is 16.9 Å². The first-order valence-corrected chi connectivity index (χ1v) is 6.98. The predicted molar refractivity (Wildman–Crippen MR) is 77.8 cm³/mol. The van der Waals surface area contributed by atoms with Gasteiger partial charge in [0, 0.05) is 17.0 Å². The Balaban J connectivity index is 1.68. The number of benzene rings is 2. The molecule has 0 aliphatic heterocycles. The van der Waals surface area contributed by atoms with Gasteiger partial charge in [-0.2, -0.15) is 0 Å². The first-order chi connectivity index (χ1) is 10.3. The second kappa shape index (κ2) is 4.74. The minimum Gasteiger partial charge on any atom is -0.426 e. The van der Waals surface area contributed by atoms with E-state index in [2.05, 4.69) is 5.16 Å². The number of carbonyl (C=O) groups excluding carboxylic acids is 1. The van der Waals surface area contributed by atoms with E-state index in [1.807, 2.05) is 36.4 Å². The first kappa shape index (κ1) is 12.1. The summed E-state index contributed by atoms with van der Waals surface area (Å²) in [6.07, 6.45) is 1.86. The molecule has 4 nitrogen and oxygen atoms in total. The van der Waals surface area contributed by atoms with Crippen molar-refractivity contribution in [3.8, 4) is 17.0 Å². The molecule has 0 amide bonds. The molecule has 0 saturated heterocycles. The van der Waals surface area contributed by atoms with E-state index in [4.69, 9.17) is 9.26 Å². The van der Waals surface area contributed by atoms with Gasteiger partial charge in [-0.05, 0) is 25.0 Å². The maximum absolute atomic E-state index is 11.7. The number of ether oxygens (including phenoxy) is 1. The van der Waals surface area contributed by atoms with Crippen LogP contribution >= 0.6 is 0 Å². The number of rotatable bonds is 3. The molecule has 0 bridgehead atoms. The number of carbonyl (C=O) groups is 1. The largest absolute Gasteiger partial charge is 0.426 e. The molecule has 1 saturated carbocycles. The Bertz CT molecular complexity index is 803. The Labute approximate surface area is 121 Å². The molecule has 0 unspecified atom stereocenters. The zero-order chi connectivity index (χ0) is 14.2. The summed E-state index contributed by atoms with van der Waals surface area (Å²) in [7, 11) is 0. The third-order valence-corrected chi connectivity index (χ3v) is 3.62. The molecular weight excluding hydrogens is 266 g/mol. The summed E-state index contributed by atoms with van der Waals surface area (Å²) in [6, 6.07) is 15.2. The van der Waals surface area contributed by atoms with Crippen LogP contribution in [0.5, 0.6) is 5.75 Å². The van der Waals surface area contributed by atoms with Gasteiger partial charge < -0.3 is 9.26 Å². The lowest BCUT2D eigenvalue weighted by molar-refractivity contribution is -0.135. The quantitative estimate of drug-likeness (QED) is 0.540. The van der Waals surface area contributed by atoms with Crippen molar-refractivity contribution in [2.24, 2.45) is 5.92 Å². The highest BCUT2D eigenvalue weighted by Crippen LogP contribution is 2.33. The van der Waals surface area contributed by atoms with Crippen molar-refractivity contribution in [2.75, 3.05) is 0 Å². The van der Waals surface area contributed by atoms with Gasteiger partial charge in [0.1, 0.15) is 11.4 Å². The van der Waals surface area contributed by atoms with Crippen LogP contribution in [-0.2, 0) is 4.79 Å². The lowest BCUT2D eigenvalue weighted by Crippen LogP contribution is -2.09. The van der Waals surface area contributed by atoms with Crippen LogP contribution < -0.4 is 4.74 Å². The highest BCUT2D eigenvalue weighted by Gasteiger charge is 2.31. The summed E-state index contributed by atoms with van der Waals surface area (Å²) in [5.41, 5.74) is 2.42. The molecule has 0 spiro atoms. The molecule has 1 aliphatic carbocycles. The van der Waals surface area contributed by atoms with Gasteiger partial charge in [-0.3, -0.25) is 4.79 Å². The fraction of sp³-hybridized carbons (Fsp3) is 0.176. The van der Waals surface area contributed by atoms with Crippen LogP contribution in [0.15, 0.2) is 53.1 Å². The monoisotopic (exact) mass is 279 g/mol. The first-order valence-electron chi connectivity index (χ1n) is 6.98. The fourth-order valence-electron chi connectivity index (χ4n) is 2.30. The fourth-order valence-corrected chi connectivity index (χ4v) is 2.30. The third kappa shape index (κ3) is 2.29. The number of nitrogens with zero attached hydrogens (tertiary/aromatic N) is 1. The van der Waals surface area contributed by atoms with E-state index in [1.54, 1.807) is 12.1 Å². The van der Waals surface area contributed by atoms with Gasteiger partial charge in [0.25, 0.3) is 0 Å². The zero-order valence-electron chi connectivity index (χ0n) is 11.3. The summed E-state index contributed by atoms with van der Waals surface area (Å²) < 4.78 is 10.7. The Morgan fingerprint density at radius 1 is 1.14 bits per heavy atom. The standard InChI is InChI=1S/C17H13NO3/c19-17(12-6-7-12)20-13-8-9-14-15(10-13)21-18-16(14)11-4-2-1-3-5-11/h1-5,8-10,12H,6-7H2. The topological polar surface area (TPSA) is 52.3 Å². The van der Waals surface area contributed by atoms with Crippen LogP contribution in [-0.4, -0.2) is 11.1 Å². The number of fused-ring (bicyclic) bond motifs is 1. The van der Waals surface area contributed by atoms with Crippen LogP contribution in [0, 0.1) is 5.92 Å². The highest BCUT2D eigenvalue weighted by molar-refractivity contribution is 5.92. The van der Waals surface area contributed by atoms with Gasteiger partial charge in [0.15, 0.2) is 5.58 Å². The summed E-state index contributed by atoms with van der Waals surface area (Å²) in [6.45, 7) is 0.